The van der Waals surface area contributed by atoms with E-state index in [0.717, 1.165) is 32.6 Å². The number of hydrogen-bond donors (Lipinski definition) is 0. The molecule has 2 aliphatic rings. The maximum absolute atomic E-state index is 12.2. The molecule has 1 saturated carbocycles. The number of likely N-dealkylation sites (tertiary alicyclic amines) is 1. The molecular formula is C13H22N2O2. The third-order valence-corrected chi connectivity index (χ3v) is 3.97. The average Bonchev–Trinajstić information content (AvgIpc) is 2.81. The number of nitrogens with zero attached hydrogens (tertiary/aromatic N) is 2. The molecule has 1 heterocycles. The lowest BCUT2D eigenvalue weighted by Crippen LogP contribution is -2.42. The van der Waals surface area contributed by atoms with Crippen LogP contribution < -0.4 is 0 Å². The van der Waals surface area contributed by atoms with Gasteiger partial charge in [-0.15, -0.1) is 0 Å². The van der Waals surface area contributed by atoms with E-state index in [9.17, 15) is 9.59 Å². The van der Waals surface area contributed by atoms with Gasteiger partial charge in [0.05, 0.1) is 0 Å². The summed E-state index contributed by atoms with van der Waals surface area (Å²) in [5, 5.41) is 0. The van der Waals surface area contributed by atoms with E-state index in [-0.39, 0.29) is 6.03 Å². The van der Waals surface area contributed by atoms with Gasteiger partial charge in [0.15, 0.2) is 0 Å². The number of carbonyl (C=O) groups is 2. The highest BCUT2D eigenvalue weighted by molar-refractivity contribution is 5.82. The van der Waals surface area contributed by atoms with Gasteiger partial charge in [-0.3, -0.25) is 4.79 Å². The maximum Gasteiger partial charge on any atom is 0.320 e. The van der Waals surface area contributed by atoms with Crippen LogP contribution in [-0.2, 0) is 4.79 Å². The van der Waals surface area contributed by atoms with E-state index in [1.165, 1.54) is 0 Å². The molecule has 2 amide bonds. The van der Waals surface area contributed by atoms with Crippen molar-refractivity contribution in [3.63, 3.8) is 0 Å². The van der Waals surface area contributed by atoms with Crippen LogP contribution in [0.2, 0.25) is 0 Å². The summed E-state index contributed by atoms with van der Waals surface area (Å²) >= 11 is 0. The minimum Gasteiger partial charge on any atom is -0.325 e. The van der Waals surface area contributed by atoms with Crippen LogP contribution in [0.15, 0.2) is 0 Å². The van der Waals surface area contributed by atoms with Gasteiger partial charge in [-0.25, -0.2) is 4.79 Å². The fraction of sp³-hybridized carbons (Fsp3) is 0.846. The van der Waals surface area contributed by atoms with Crippen LogP contribution >= 0.6 is 0 Å². The van der Waals surface area contributed by atoms with E-state index in [2.05, 4.69) is 6.92 Å². The summed E-state index contributed by atoms with van der Waals surface area (Å²) in [6, 6.07) is 0.163. The molecule has 0 aromatic carbocycles. The Labute approximate surface area is 103 Å². The predicted molar refractivity (Wildman–Crippen MR) is 65.7 cm³/mol. The van der Waals surface area contributed by atoms with E-state index in [1.807, 2.05) is 16.7 Å². The lowest BCUT2D eigenvalue weighted by Gasteiger charge is -2.27. The molecule has 0 radical (unpaired) electrons. The highest BCUT2D eigenvalue weighted by atomic mass is 16.2. The Bertz CT molecular complexity index is 301. The molecule has 96 valence electrons. The fourth-order valence-electron chi connectivity index (χ4n) is 3.08. The maximum atomic E-state index is 12.2. The van der Waals surface area contributed by atoms with Crippen LogP contribution in [0.5, 0.6) is 0 Å². The molecule has 0 N–H and O–H groups in total. The Hall–Kier alpha value is -1.06. The van der Waals surface area contributed by atoms with E-state index < -0.39 is 0 Å². The van der Waals surface area contributed by atoms with E-state index in [0.29, 0.717) is 30.5 Å². The van der Waals surface area contributed by atoms with Gasteiger partial charge in [0.2, 0.25) is 0 Å². The second-order valence-corrected chi connectivity index (χ2v) is 5.23. The zero-order valence-corrected chi connectivity index (χ0v) is 10.8. The summed E-state index contributed by atoms with van der Waals surface area (Å²) in [5.41, 5.74) is 0. The van der Waals surface area contributed by atoms with Crippen molar-refractivity contribution in [1.82, 2.24) is 9.80 Å². The van der Waals surface area contributed by atoms with Gasteiger partial charge in [-0.1, -0.05) is 6.92 Å². The molecule has 1 aliphatic heterocycles. The Morgan fingerprint density at radius 3 is 2.35 bits per heavy atom. The van der Waals surface area contributed by atoms with Crippen LogP contribution in [0.4, 0.5) is 4.79 Å². The van der Waals surface area contributed by atoms with E-state index >= 15 is 0 Å². The van der Waals surface area contributed by atoms with Crippen molar-refractivity contribution in [2.45, 2.75) is 33.1 Å². The van der Waals surface area contributed by atoms with Crippen molar-refractivity contribution in [2.24, 2.45) is 11.8 Å². The summed E-state index contributed by atoms with van der Waals surface area (Å²) in [7, 11) is 0. The van der Waals surface area contributed by atoms with Crippen LogP contribution in [0.1, 0.15) is 33.1 Å². The number of ketones is 1. The number of amides is 2. The van der Waals surface area contributed by atoms with Gasteiger partial charge in [-0.2, -0.15) is 0 Å². The monoisotopic (exact) mass is 238 g/mol. The number of fused-ring (bicyclic) bond motifs is 1. The smallest absolute Gasteiger partial charge is 0.320 e. The standard InChI is InChI=1S/C13H22N2O2/c1-3-5-14(4-2)13(17)15-8-10-6-12(16)7-11(10)9-15/h10-11H,3-9H2,1-2H3. The first-order valence-corrected chi connectivity index (χ1v) is 6.71. The van der Waals surface area contributed by atoms with Crippen LogP contribution in [0.25, 0.3) is 0 Å². The highest BCUT2D eigenvalue weighted by Gasteiger charge is 2.42. The van der Waals surface area contributed by atoms with Crippen molar-refractivity contribution < 1.29 is 9.59 Å². The number of rotatable bonds is 3. The molecule has 2 fully saturated rings. The van der Waals surface area contributed by atoms with Crippen molar-refractivity contribution in [3.8, 4) is 0 Å². The normalized spacial score (nSPS) is 27.4. The summed E-state index contributed by atoms with van der Waals surface area (Å²) in [4.78, 5) is 27.4. The number of Topliss-reactive ketones (excluding diaryl/α,β-unsaturated/α-hetero) is 1. The van der Waals surface area contributed by atoms with Gasteiger partial charge in [0, 0.05) is 39.0 Å². The third kappa shape index (κ3) is 2.45. The molecule has 2 atom stereocenters. The topological polar surface area (TPSA) is 40.6 Å². The molecule has 0 aromatic rings. The molecular weight excluding hydrogens is 216 g/mol. The molecule has 17 heavy (non-hydrogen) atoms. The summed E-state index contributed by atoms with van der Waals surface area (Å²) in [6.45, 7) is 7.30. The zero-order valence-electron chi connectivity index (χ0n) is 10.8. The van der Waals surface area contributed by atoms with Crippen LogP contribution in [0, 0.1) is 11.8 Å². The van der Waals surface area contributed by atoms with Crippen LogP contribution in [-0.4, -0.2) is 47.8 Å². The minimum absolute atomic E-state index is 0.163. The largest absolute Gasteiger partial charge is 0.325 e. The van der Waals surface area contributed by atoms with Crippen LogP contribution in [0.3, 0.4) is 0 Å². The van der Waals surface area contributed by atoms with Gasteiger partial charge in [0.25, 0.3) is 0 Å². The first-order chi connectivity index (χ1) is 8.15. The predicted octanol–water partition coefficient (Wildman–Crippen LogP) is 1.75. The van der Waals surface area contributed by atoms with Gasteiger partial charge in [0.1, 0.15) is 5.78 Å². The second-order valence-electron chi connectivity index (χ2n) is 5.23. The molecule has 2 unspecified atom stereocenters. The van der Waals surface area contributed by atoms with E-state index in [4.69, 9.17) is 0 Å². The summed E-state index contributed by atoms with van der Waals surface area (Å²) < 4.78 is 0. The molecule has 1 saturated heterocycles. The third-order valence-electron chi connectivity index (χ3n) is 3.97. The highest BCUT2D eigenvalue weighted by Crippen LogP contribution is 2.36. The van der Waals surface area contributed by atoms with Gasteiger partial charge in [-0.05, 0) is 25.2 Å². The Balaban J connectivity index is 1.92. The van der Waals surface area contributed by atoms with Gasteiger partial charge < -0.3 is 9.80 Å². The zero-order chi connectivity index (χ0) is 12.4. The molecule has 2 rings (SSSR count). The van der Waals surface area contributed by atoms with Gasteiger partial charge >= 0.3 is 6.03 Å². The molecule has 0 bridgehead atoms. The Kier molecular flexibility index (Phi) is 3.69. The van der Waals surface area contributed by atoms with Crippen molar-refractivity contribution >= 4 is 11.8 Å². The number of hydrogen-bond acceptors (Lipinski definition) is 2. The molecule has 1 aliphatic carbocycles. The average molecular weight is 238 g/mol. The van der Waals surface area contributed by atoms with Crippen molar-refractivity contribution in [2.75, 3.05) is 26.2 Å². The first kappa shape index (κ1) is 12.4. The number of carbonyl (C=O) groups excluding carboxylic acids is 2. The lowest BCUT2D eigenvalue weighted by atomic mass is 10.0. The second kappa shape index (κ2) is 5.07. The molecule has 0 aromatic heterocycles. The molecule has 0 spiro atoms. The summed E-state index contributed by atoms with van der Waals surface area (Å²) in [5.74, 6) is 1.26. The van der Waals surface area contributed by atoms with Crippen molar-refractivity contribution in [3.05, 3.63) is 0 Å². The SMILES string of the molecule is CCCN(CC)C(=O)N1CC2CC(=O)CC2C1. The minimum atomic E-state index is 0.163. The first-order valence-electron chi connectivity index (χ1n) is 6.71. The Morgan fingerprint density at radius 1 is 1.29 bits per heavy atom. The summed E-state index contributed by atoms with van der Waals surface area (Å²) in [6.07, 6.45) is 2.38. The van der Waals surface area contributed by atoms with Crippen molar-refractivity contribution in [1.29, 1.82) is 0 Å². The molecule has 4 nitrogen and oxygen atoms in total. The fourth-order valence-corrected chi connectivity index (χ4v) is 3.08. The quantitative estimate of drug-likeness (QED) is 0.751. The lowest BCUT2D eigenvalue weighted by molar-refractivity contribution is -0.117. The molecule has 4 heteroatoms. The Morgan fingerprint density at radius 2 is 1.88 bits per heavy atom. The van der Waals surface area contributed by atoms with E-state index in [1.54, 1.807) is 0 Å². The number of urea groups is 1.